The summed E-state index contributed by atoms with van der Waals surface area (Å²) in [4.78, 5) is 17.5. The van der Waals surface area contributed by atoms with Crippen molar-refractivity contribution < 1.29 is 14.3 Å². The Morgan fingerprint density at radius 1 is 0.970 bits per heavy atom. The Labute approximate surface area is 198 Å². The van der Waals surface area contributed by atoms with Crippen LogP contribution in [-0.4, -0.2) is 50.7 Å². The molecule has 1 saturated carbocycles. The number of rotatable bonds is 9. The van der Waals surface area contributed by atoms with Crippen molar-refractivity contribution in [3.05, 3.63) is 53.6 Å². The highest BCUT2D eigenvalue weighted by atomic mass is 16.5. The van der Waals surface area contributed by atoms with Gasteiger partial charge in [0.2, 0.25) is 0 Å². The molecule has 33 heavy (non-hydrogen) atoms. The lowest BCUT2D eigenvalue weighted by Gasteiger charge is -2.24. The van der Waals surface area contributed by atoms with Crippen LogP contribution in [0.5, 0.6) is 11.5 Å². The molecule has 1 heterocycles. The first-order valence-electron chi connectivity index (χ1n) is 12.6. The predicted octanol–water partition coefficient (Wildman–Crippen LogP) is 5.88. The van der Waals surface area contributed by atoms with Crippen molar-refractivity contribution in [3.8, 4) is 11.5 Å². The maximum atomic E-state index is 13.3. The third-order valence-corrected chi connectivity index (χ3v) is 7.12. The molecular weight excluding hydrogens is 412 g/mol. The van der Waals surface area contributed by atoms with Crippen molar-refractivity contribution in [3.63, 3.8) is 0 Å². The van der Waals surface area contributed by atoms with E-state index in [0.717, 1.165) is 36.6 Å². The summed E-state index contributed by atoms with van der Waals surface area (Å²) >= 11 is 0. The van der Waals surface area contributed by atoms with Gasteiger partial charge >= 0.3 is 0 Å². The molecule has 4 rings (SSSR count). The molecule has 0 bridgehead atoms. The van der Waals surface area contributed by atoms with Gasteiger partial charge in [-0.2, -0.15) is 0 Å². The van der Waals surface area contributed by atoms with Gasteiger partial charge in [0.05, 0.1) is 7.11 Å². The van der Waals surface area contributed by atoms with Crippen LogP contribution in [0.4, 0.5) is 5.69 Å². The van der Waals surface area contributed by atoms with E-state index in [1.54, 1.807) is 12.0 Å². The van der Waals surface area contributed by atoms with Crippen LogP contribution in [-0.2, 0) is 0 Å². The highest BCUT2D eigenvalue weighted by molar-refractivity contribution is 6.06. The summed E-state index contributed by atoms with van der Waals surface area (Å²) in [6.45, 7) is 6.48. The predicted molar refractivity (Wildman–Crippen MR) is 134 cm³/mol. The average molecular weight is 451 g/mol. The summed E-state index contributed by atoms with van der Waals surface area (Å²) in [5.41, 5.74) is 2.91. The van der Waals surface area contributed by atoms with E-state index < -0.39 is 0 Å². The lowest BCUT2D eigenvalue weighted by atomic mass is 9.84. The van der Waals surface area contributed by atoms with Crippen LogP contribution in [0.2, 0.25) is 0 Å². The molecule has 0 atom stereocenters. The number of carbonyl (C=O) groups excluding carboxylic acids is 1. The smallest absolute Gasteiger partial charge is 0.258 e. The summed E-state index contributed by atoms with van der Waals surface area (Å²) in [5, 5.41) is 0. The number of ether oxygens (including phenoxy) is 2. The van der Waals surface area contributed by atoms with Gasteiger partial charge in [0.1, 0.15) is 6.61 Å². The molecule has 0 radical (unpaired) electrons. The molecule has 5 heteroatoms. The molecule has 0 spiro atoms. The monoisotopic (exact) mass is 450 g/mol. The Morgan fingerprint density at radius 3 is 2.36 bits per heavy atom. The Kier molecular flexibility index (Phi) is 8.27. The second kappa shape index (κ2) is 11.6. The average Bonchev–Trinajstić information content (AvgIpc) is 3.39. The molecule has 5 nitrogen and oxygen atoms in total. The molecule has 2 fully saturated rings. The zero-order chi connectivity index (χ0) is 23.0. The standard InChI is InChI=1S/C28H38N2O3/c1-3-30(28(31)24-13-11-23(12-14-24)22-9-5-4-6-10-22)25-15-16-26(27(21-25)32-2)33-20-19-29-17-7-8-18-29/h11-16,21-22H,3-10,17-20H2,1-2H3. The van der Waals surface area contributed by atoms with E-state index in [4.69, 9.17) is 9.47 Å². The fourth-order valence-electron chi connectivity index (χ4n) is 5.17. The number of amides is 1. The fraction of sp³-hybridized carbons (Fsp3) is 0.536. The lowest BCUT2D eigenvalue weighted by Crippen LogP contribution is -2.30. The minimum absolute atomic E-state index is 0.0115. The zero-order valence-electron chi connectivity index (χ0n) is 20.2. The fourth-order valence-corrected chi connectivity index (χ4v) is 5.17. The number of methoxy groups -OCH3 is 1. The topological polar surface area (TPSA) is 42.0 Å². The van der Waals surface area contributed by atoms with Gasteiger partial charge in [-0.25, -0.2) is 0 Å². The van der Waals surface area contributed by atoms with Crippen LogP contribution in [0.15, 0.2) is 42.5 Å². The van der Waals surface area contributed by atoms with E-state index in [-0.39, 0.29) is 5.91 Å². The molecule has 0 N–H and O–H groups in total. The first-order chi connectivity index (χ1) is 16.2. The Hall–Kier alpha value is -2.53. The van der Waals surface area contributed by atoms with Gasteiger partial charge in [0, 0.05) is 30.4 Å². The van der Waals surface area contributed by atoms with Gasteiger partial charge in [0.25, 0.3) is 5.91 Å². The van der Waals surface area contributed by atoms with Gasteiger partial charge in [-0.1, -0.05) is 31.4 Å². The second-order valence-electron chi connectivity index (χ2n) is 9.24. The van der Waals surface area contributed by atoms with E-state index in [1.807, 2.05) is 37.3 Å². The summed E-state index contributed by atoms with van der Waals surface area (Å²) in [7, 11) is 1.65. The minimum atomic E-state index is 0.0115. The maximum Gasteiger partial charge on any atom is 0.258 e. The van der Waals surface area contributed by atoms with E-state index >= 15 is 0 Å². The Balaban J connectivity index is 1.42. The number of carbonyl (C=O) groups is 1. The molecular formula is C28H38N2O3. The van der Waals surface area contributed by atoms with Crippen LogP contribution in [0.1, 0.15) is 73.7 Å². The highest BCUT2D eigenvalue weighted by Gasteiger charge is 2.20. The van der Waals surface area contributed by atoms with Crippen LogP contribution in [0.3, 0.4) is 0 Å². The van der Waals surface area contributed by atoms with Gasteiger partial charge in [0.15, 0.2) is 11.5 Å². The van der Waals surface area contributed by atoms with Crippen LogP contribution < -0.4 is 14.4 Å². The molecule has 2 aliphatic rings. The Bertz CT molecular complexity index is 900. The van der Waals surface area contributed by atoms with Gasteiger partial charge < -0.3 is 14.4 Å². The first-order valence-corrected chi connectivity index (χ1v) is 12.6. The molecule has 1 aliphatic carbocycles. The van der Waals surface area contributed by atoms with Crippen LogP contribution in [0, 0.1) is 0 Å². The highest BCUT2D eigenvalue weighted by Crippen LogP contribution is 2.34. The number of hydrogen-bond acceptors (Lipinski definition) is 4. The molecule has 1 amide bonds. The van der Waals surface area contributed by atoms with E-state index in [1.165, 1.54) is 50.5 Å². The molecule has 2 aromatic rings. The first kappa shape index (κ1) is 23.6. The third kappa shape index (κ3) is 5.89. The maximum absolute atomic E-state index is 13.3. The minimum Gasteiger partial charge on any atom is -0.493 e. The van der Waals surface area contributed by atoms with Crippen molar-refractivity contribution in [2.75, 3.05) is 44.8 Å². The molecule has 1 saturated heterocycles. The van der Waals surface area contributed by atoms with Crippen molar-refractivity contribution >= 4 is 11.6 Å². The third-order valence-electron chi connectivity index (χ3n) is 7.12. The van der Waals surface area contributed by atoms with E-state index in [2.05, 4.69) is 17.0 Å². The number of benzene rings is 2. The lowest BCUT2D eigenvalue weighted by molar-refractivity contribution is 0.0988. The van der Waals surface area contributed by atoms with Crippen molar-refractivity contribution in [1.29, 1.82) is 0 Å². The summed E-state index contributed by atoms with van der Waals surface area (Å²) in [5.74, 6) is 2.04. The molecule has 0 aromatic heterocycles. The van der Waals surface area contributed by atoms with E-state index in [9.17, 15) is 4.79 Å². The van der Waals surface area contributed by atoms with Crippen molar-refractivity contribution in [1.82, 2.24) is 4.90 Å². The summed E-state index contributed by atoms with van der Waals surface area (Å²) in [6.07, 6.45) is 9.07. The Morgan fingerprint density at radius 2 is 1.70 bits per heavy atom. The van der Waals surface area contributed by atoms with E-state index in [0.29, 0.717) is 24.8 Å². The van der Waals surface area contributed by atoms with Crippen molar-refractivity contribution in [2.24, 2.45) is 0 Å². The SMILES string of the molecule is CCN(C(=O)c1ccc(C2CCCCC2)cc1)c1ccc(OCCN2CCCC2)c(OC)c1. The number of anilines is 1. The van der Waals surface area contributed by atoms with Gasteiger partial charge in [-0.05, 0) is 81.4 Å². The zero-order valence-corrected chi connectivity index (χ0v) is 20.2. The quantitative estimate of drug-likeness (QED) is 0.478. The molecule has 2 aromatic carbocycles. The number of hydrogen-bond donors (Lipinski definition) is 0. The largest absolute Gasteiger partial charge is 0.493 e. The van der Waals surface area contributed by atoms with Crippen LogP contribution in [0.25, 0.3) is 0 Å². The number of nitrogens with zero attached hydrogens (tertiary/aromatic N) is 2. The summed E-state index contributed by atoms with van der Waals surface area (Å²) < 4.78 is 11.6. The van der Waals surface area contributed by atoms with Gasteiger partial charge in [-0.15, -0.1) is 0 Å². The number of likely N-dealkylation sites (tertiary alicyclic amines) is 1. The van der Waals surface area contributed by atoms with Crippen molar-refractivity contribution in [2.45, 2.75) is 57.8 Å². The molecule has 1 aliphatic heterocycles. The van der Waals surface area contributed by atoms with Gasteiger partial charge in [-0.3, -0.25) is 9.69 Å². The normalized spacial score (nSPS) is 17.2. The molecule has 178 valence electrons. The summed E-state index contributed by atoms with van der Waals surface area (Å²) in [6, 6.07) is 14.0. The van der Waals surface area contributed by atoms with Crippen LogP contribution >= 0.6 is 0 Å². The second-order valence-corrected chi connectivity index (χ2v) is 9.24. The molecule has 0 unspecified atom stereocenters.